The van der Waals surface area contributed by atoms with E-state index in [1.807, 2.05) is 0 Å². The van der Waals surface area contributed by atoms with E-state index < -0.39 is 29.0 Å². The number of halogens is 4. The Kier molecular flexibility index (Phi) is 6.05. The van der Waals surface area contributed by atoms with Gasteiger partial charge in [0.1, 0.15) is 11.5 Å². The highest BCUT2D eigenvalue weighted by Gasteiger charge is 2.34. The molecule has 4 rings (SSSR count). The predicted octanol–water partition coefficient (Wildman–Crippen LogP) is 4.29. The molecule has 0 radical (unpaired) electrons. The Morgan fingerprint density at radius 2 is 1.94 bits per heavy atom. The van der Waals surface area contributed by atoms with Gasteiger partial charge < -0.3 is 5.32 Å². The number of nitriles is 1. The van der Waals surface area contributed by atoms with Gasteiger partial charge in [0.05, 0.1) is 47.0 Å². The van der Waals surface area contributed by atoms with Crippen molar-refractivity contribution < 1.29 is 22.4 Å². The number of rotatable bonds is 5. The molecular formula is C23H14F4N6O. The molecule has 0 saturated heterocycles. The first-order valence-corrected chi connectivity index (χ1v) is 9.77. The lowest BCUT2D eigenvalue weighted by Gasteiger charge is -2.10. The Hall–Kier alpha value is -4.59. The van der Waals surface area contributed by atoms with Gasteiger partial charge in [-0.2, -0.15) is 23.5 Å². The van der Waals surface area contributed by atoms with Crippen molar-refractivity contribution in [1.82, 2.24) is 25.1 Å². The summed E-state index contributed by atoms with van der Waals surface area (Å²) in [4.78, 5) is 20.0. The highest BCUT2D eigenvalue weighted by Crippen LogP contribution is 2.34. The van der Waals surface area contributed by atoms with Crippen LogP contribution in [0.1, 0.15) is 27.3 Å². The molecule has 3 aromatic heterocycles. The molecule has 0 aliphatic heterocycles. The van der Waals surface area contributed by atoms with E-state index in [0.717, 1.165) is 18.2 Å². The Morgan fingerprint density at radius 1 is 1.12 bits per heavy atom. The van der Waals surface area contributed by atoms with Gasteiger partial charge in [0.2, 0.25) is 0 Å². The monoisotopic (exact) mass is 466 g/mol. The molecule has 0 spiro atoms. The second kappa shape index (κ2) is 9.11. The number of alkyl halides is 3. The topological polar surface area (TPSA) is 96.5 Å². The number of aromatic nitrogens is 4. The van der Waals surface area contributed by atoms with Crippen LogP contribution in [0.25, 0.3) is 16.9 Å². The summed E-state index contributed by atoms with van der Waals surface area (Å²) in [6, 6.07) is 12.2. The van der Waals surface area contributed by atoms with Crippen LogP contribution in [0.3, 0.4) is 0 Å². The van der Waals surface area contributed by atoms with Crippen LogP contribution in [0.15, 0.2) is 67.1 Å². The summed E-state index contributed by atoms with van der Waals surface area (Å²) in [5.41, 5.74) is -0.815. The highest BCUT2D eigenvalue weighted by molar-refractivity contribution is 5.92. The summed E-state index contributed by atoms with van der Waals surface area (Å²) in [6.45, 7) is -0.169. The van der Waals surface area contributed by atoms with Gasteiger partial charge >= 0.3 is 6.18 Å². The van der Waals surface area contributed by atoms with Crippen molar-refractivity contribution in [2.75, 3.05) is 0 Å². The van der Waals surface area contributed by atoms with Gasteiger partial charge in [0.15, 0.2) is 0 Å². The van der Waals surface area contributed by atoms with Crippen molar-refractivity contribution >= 4 is 5.91 Å². The summed E-state index contributed by atoms with van der Waals surface area (Å²) in [5.74, 6) is -1.18. The van der Waals surface area contributed by atoms with Crippen LogP contribution >= 0.6 is 0 Å². The zero-order chi connectivity index (χ0) is 24.3. The fourth-order valence-electron chi connectivity index (χ4n) is 3.12. The smallest absolute Gasteiger partial charge is 0.345 e. The molecule has 1 amide bonds. The summed E-state index contributed by atoms with van der Waals surface area (Å²) in [6.07, 6.45) is -0.469. The van der Waals surface area contributed by atoms with Gasteiger partial charge in [0.25, 0.3) is 5.91 Å². The first-order chi connectivity index (χ1) is 16.3. The third-order valence-corrected chi connectivity index (χ3v) is 4.81. The number of hydrogen-bond acceptors (Lipinski definition) is 5. The molecule has 4 aromatic rings. The molecule has 0 atom stereocenters. The van der Waals surface area contributed by atoms with Crippen LogP contribution < -0.4 is 5.32 Å². The number of carbonyl (C=O) groups is 1. The molecule has 0 fully saturated rings. The van der Waals surface area contributed by atoms with E-state index in [1.165, 1.54) is 47.5 Å². The second-order valence-electron chi connectivity index (χ2n) is 7.04. The Bertz CT molecular complexity index is 1390. The van der Waals surface area contributed by atoms with Crippen molar-refractivity contribution in [3.63, 3.8) is 0 Å². The molecular weight excluding hydrogens is 452 g/mol. The summed E-state index contributed by atoms with van der Waals surface area (Å²) in [7, 11) is 0. The molecule has 0 saturated carbocycles. The number of nitrogens with one attached hydrogen (secondary N) is 1. The van der Waals surface area contributed by atoms with E-state index in [1.54, 1.807) is 12.1 Å². The van der Waals surface area contributed by atoms with Crippen LogP contribution in [0.2, 0.25) is 0 Å². The molecule has 170 valence electrons. The predicted molar refractivity (Wildman–Crippen MR) is 112 cm³/mol. The minimum Gasteiger partial charge on any atom is -0.345 e. The van der Waals surface area contributed by atoms with E-state index in [4.69, 9.17) is 5.26 Å². The summed E-state index contributed by atoms with van der Waals surface area (Å²) >= 11 is 0. The summed E-state index contributed by atoms with van der Waals surface area (Å²) in [5, 5.41) is 15.7. The number of hydrogen-bond donors (Lipinski definition) is 1. The molecule has 1 N–H and O–H groups in total. The van der Waals surface area contributed by atoms with Crippen LogP contribution in [0.4, 0.5) is 17.6 Å². The number of benzene rings is 1. The zero-order valence-corrected chi connectivity index (χ0v) is 17.2. The van der Waals surface area contributed by atoms with Gasteiger partial charge in [-0.3, -0.25) is 14.8 Å². The zero-order valence-electron chi connectivity index (χ0n) is 17.2. The number of amides is 1. The average molecular weight is 466 g/mol. The molecule has 3 heterocycles. The SMILES string of the molecule is N#Cc1ccc(-c2ccn(-c3cnc(CNC(=O)c4ccccn4)c(F)c3)n2)cc1C(F)(F)F. The van der Waals surface area contributed by atoms with E-state index in [2.05, 4.69) is 20.4 Å². The molecule has 0 unspecified atom stereocenters. The fourth-order valence-corrected chi connectivity index (χ4v) is 3.12. The lowest BCUT2D eigenvalue weighted by Crippen LogP contribution is -2.24. The molecule has 0 bridgehead atoms. The molecule has 11 heteroatoms. The maximum Gasteiger partial charge on any atom is 0.417 e. The standard InChI is InChI=1S/C23H14F4N6O/c24-18-10-16(12-30-21(18)13-31-22(34)20-3-1-2-7-29-20)33-8-6-19(32-33)14-4-5-15(11-28)17(9-14)23(25,26)27/h1-10,12H,13H2,(H,31,34). The highest BCUT2D eigenvalue weighted by atomic mass is 19.4. The normalized spacial score (nSPS) is 11.1. The Morgan fingerprint density at radius 3 is 2.62 bits per heavy atom. The molecule has 7 nitrogen and oxygen atoms in total. The number of nitrogens with zero attached hydrogens (tertiary/aromatic N) is 5. The molecule has 34 heavy (non-hydrogen) atoms. The van der Waals surface area contributed by atoms with E-state index in [9.17, 15) is 22.4 Å². The minimum absolute atomic E-state index is 0.0117. The number of carbonyl (C=O) groups excluding carboxylic acids is 1. The average Bonchev–Trinajstić information content (AvgIpc) is 3.33. The first-order valence-electron chi connectivity index (χ1n) is 9.77. The van der Waals surface area contributed by atoms with Crippen LogP contribution in [0, 0.1) is 17.1 Å². The molecule has 0 aliphatic carbocycles. The van der Waals surface area contributed by atoms with E-state index in [0.29, 0.717) is 0 Å². The fraction of sp³-hybridized carbons (Fsp3) is 0.0870. The third kappa shape index (κ3) is 4.75. The van der Waals surface area contributed by atoms with Crippen LogP contribution in [0.5, 0.6) is 0 Å². The Balaban J connectivity index is 1.52. The maximum atomic E-state index is 14.6. The van der Waals surface area contributed by atoms with E-state index in [-0.39, 0.29) is 34.9 Å². The maximum absolute atomic E-state index is 14.6. The van der Waals surface area contributed by atoms with Gasteiger partial charge in [0, 0.05) is 24.0 Å². The van der Waals surface area contributed by atoms with Gasteiger partial charge in [-0.25, -0.2) is 9.07 Å². The number of pyridine rings is 2. The first kappa shape index (κ1) is 22.6. The lowest BCUT2D eigenvalue weighted by molar-refractivity contribution is -0.137. The lowest BCUT2D eigenvalue weighted by atomic mass is 10.0. The van der Waals surface area contributed by atoms with Crippen molar-refractivity contribution in [1.29, 1.82) is 5.26 Å². The van der Waals surface area contributed by atoms with Crippen molar-refractivity contribution in [2.24, 2.45) is 0 Å². The molecule has 0 aliphatic rings. The van der Waals surface area contributed by atoms with Gasteiger partial charge in [-0.15, -0.1) is 0 Å². The third-order valence-electron chi connectivity index (χ3n) is 4.81. The van der Waals surface area contributed by atoms with Gasteiger partial charge in [-0.1, -0.05) is 12.1 Å². The van der Waals surface area contributed by atoms with Crippen molar-refractivity contribution in [3.8, 4) is 23.0 Å². The minimum atomic E-state index is -4.70. The Labute approximate surface area is 190 Å². The van der Waals surface area contributed by atoms with Crippen molar-refractivity contribution in [2.45, 2.75) is 12.7 Å². The summed E-state index contributed by atoms with van der Waals surface area (Å²) < 4.78 is 55.5. The van der Waals surface area contributed by atoms with E-state index >= 15 is 0 Å². The van der Waals surface area contributed by atoms with Crippen LogP contribution in [-0.4, -0.2) is 25.7 Å². The van der Waals surface area contributed by atoms with Gasteiger partial charge in [-0.05, 0) is 30.3 Å². The largest absolute Gasteiger partial charge is 0.417 e. The molecule has 1 aromatic carbocycles. The van der Waals surface area contributed by atoms with Crippen molar-refractivity contribution in [3.05, 3.63) is 95.5 Å². The van der Waals surface area contributed by atoms with Crippen LogP contribution in [-0.2, 0) is 12.7 Å². The second-order valence-corrected chi connectivity index (χ2v) is 7.04. The quantitative estimate of drug-likeness (QED) is 0.443.